The SMILES string of the molecule is CC1CCCCCCOCCO1. The summed E-state index contributed by atoms with van der Waals surface area (Å²) in [5.41, 5.74) is 0. The molecule has 2 heteroatoms. The summed E-state index contributed by atoms with van der Waals surface area (Å²) in [7, 11) is 0. The zero-order valence-corrected chi connectivity index (χ0v) is 8.05. The van der Waals surface area contributed by atoms with Crippen LogP contribution in [0.25, 0.3) is 0 Å². The second-order valence-corrected chi connectivity index (χ2v) is 3.50. The molecule has 0 spiro atoms. The van der Waals surface area contributed by atoms with Crippen LogP contribution in [-0.4, -0.2) is 25.9 Å². The molecule has 1 saturated heterocycles. The van der Waals surface area contributed by atoms with Gasteiger partial charge in [0, 0.05) is 6.61 Å². The number of rotatable bonds is 0. The first kappa shape index (κ1) is 10.0. The van der Waals surface area contributed by atoms with Gasteiger partial charge in [-0.2, -0.15) is 0 Å². The largest absolute Gasteiger partial charge is 0.379 e. The van der Waals surface area contributed by atoms with Crippen molar-refractivity contribution < 1.29 is 9.47 Å². The van der Waals surface area contributed by atoms with Gasteiger partial charge >= 0.3 is 0 Å². The minimum Gasteiger partial charge on any atom is -0.379 e. The Balaban J connectivity index is 2.13. The number of hydrogen-bond donors (Lipinski definition) is 0. The van der Waals surface area contributed by atoms with Crippen LogP contribution in [0.4, 0.5) is 0 Å². The third kappa shape index (κ3) is 4.73. The van der Waals surface area contributed by atoms with Crippen molar-refractivity contribution in [2.45, 2.75) is 45.1 Å². The van der Waals surface area contributed by atoms with Crippen LogP contribution in [0.1, 0.15) is 39.0 Å². The quantitative estimate of drug-likeness (QED) is 0.558. The number of hydrogen-bond acceptors (Lipinski definition) is 2. The molecule has 1 atom stereocenters. The third-order valence-corrected chi connectivity index (χ3v) is 2.28. The molecular weight excluding hydrogens is 152 g/mol. The first-order valence-electron chi connectivity index (χ1n) is 5.09. The maximum absolute atomic E-state index is 5.55. The van der Waals surface area contributed by atoms with Crippen molar-refractivity contribution in [3.8, 4) is 0 Å². The van der Waals surface area contributed by atoms with Crippen LogP contribution in [0.15, 0.2) is 0 Å². The smallest absolute Gasteiger partial charge is 0.0704 e. The Morgan fingerprint density at radius 3 is 2.67 bits per heavy atom. The molecule has 1 aliphatic rings. The molecular formula is C10H20O2. The summed E-state index contributed by atoms with van der Waals surface area (Å²) in [6.07, 6.45) is 6.80. The zero-order valence-electron chi connectivity index (χ0n) is 8.05. The van der Waals surface area contributed by atoms with E-state index in [0.717, 1.165) is 19.8 Å². The molecule has 1 unspecified atom stereocenters. The van der Waals surface area contributed by atoms with Crippen molar-refractivity contribution >= 4 is 0 Å². The summed E-state index contributed by atoms with van der Waals surface area (Å²) in [6, 6.07) is 0. The molecule has 0 N–H and O–H groups in total. The minimum absolute atomic E-state index is 0.423. The van der Waals surface area contributed by atoms with Gasteiger partial charge in [0.15, 0.2) is 0 Å². The molecule has 1 heterocycles. The van der Waals surface area contributed by atoms with E-state index in [0.29, 0.717) is 6.10 Å². The fourth-order valence-corrected chi connectivity index (χ4v) is 1.48. The van der Waals surface area contributed by atoms with Crippen molar-refractivity contribution in [3.63, 3.8) is 0 Å². The van der Waals surface area contributed by atoms with Gasteiger partial charge in [0.25, 0.3) is 0 Å². The Bertz CT molecular complexity index is 92.0. The summed E-state index contributed by atoms with van der Waals surface area (Å²) < 4.78 is 10.9. The van der Waals surface area contributed by atoms with Crippen molar-refractivity contribution in [2.75, 3.05) is 19.8 Å². The lowest BCUT2D eigenvalue weighted by atomic mass is 10.1. The normalized spacial score (nSPS) is 29.2. The molecule has 1 aliphatic heterocycles. The lowest BCUT2D eigenvalue weighted by Gasteiger charge is -2.11. The van der Waals surface area contributed by atoms with Crippen molar-refractivity contribution in [1.29, 1.82) is 0 Å². The van der Waals surface area contributed by atoms with Crippen molar-refractivity contribution in [1.82, 2.24) is 0 Å². The molecule has 1 rings (SSSR count). The van der Waals surface area contributed by atoms with E-state index in [1.54, 1.807) is 0 Å². The Kier molecular flexibility index (Phi) is 5.37. The molecule has 12 heavy (non-hydrogen) atoms. The van der Waals surface area contributed by atoms with Crippen molar-refractivity contribution in [2.24, 2.45) is 0 Å². The van der Waals surface area contributed by atoms with Gasteiger partial charge in [-0.3, -0.25) is 0 Å². The average molecular weight is 172 g/mol. The third-order valence-electron chi connectivity index (χ3n) is 2.28. The molecule has 0 aromatic carbocycles. The van der Waals surface area contributed by atoms with Gasteiger partial charge in [-0.15, -0.1) is 0 Å². The Labute approximate surface area is 75.2 Å². The molecule has 2 nitrogen and oxygen atoms in total. The monoisotopic (exact) mass is 172 g/mol. The fraction of sp³-hybridized carbons (Fsp3) is 1.00. The predicted octanol–water partition coefficient (Wildman–Crippen LogP) is 2.37. The Hall–Kier alpha value is -0.0800. The zero-order chi connectivity index (χ0) is 8.65. The lowest BCUT2D eigenvalue weighted by Crippen LogP contribution is -2.12. The highest BCUT2D eigenvalue weighted by Crippen LogP contribution is 2.09. The van der Waals surface area contributed by atoms with Crippen LogP contribution in [0, 0.1) is 0 Å². The average Bonchev–Trinajstić information content (AvgIpc) is 2.11. The summed E-state index contributed by atoms with van der Waals surface area (Å²) in [4.78, 5) is 0. The second kappa shape index (κ2) is 6.44. The van der Waals surface area contributed by atoms with E-state index in [9.17, 15) is 0 Å². The summed E-state index contributed by atoms with van der Waals surface area (Å²) in [5.74, 6) is 0. The van der Waals surface area contributed by atoms with E-state index in [-0.39, 0.29) is 0 Å². The van der Waals surface area contributed by atoms with Gasteiger partial charge in [-0.25, -0.2) is 0 Å². The molecule has 72 valence electrons. The van der Waals surface area contributed by atoms with Crippen LogP contribution in [0.5, 0.6) is 0 Å². The molecule has 0 aliphatic carbocycles. The van der Waals surface area contributed by atoms with Crippen LogP contribution >= 0.6 is 0 Å². The van der Waals surface area contributed by atoms with Crippen LogP contribution in [0.2, 0.25) is 0 Å². The van der Waals surface area contributed by atoms with E-state index >= 15 is 0 Å². The highest BCUT2D eigenvalue weighted by molar-refractivity contribution is 4.53. The first-order valence-corrected chi connectivity index (χ1v) is 5.09. The Morgan fingerprint density at radius 2 is 1.75 bits per heavy atom. The van der Waals surface area contributed by atoms with E-state index < -0.39 is 0 Å². The molecule has 1 fully saturated rings. The summed E-state index contributed by atoms with van der Waals surface area (Å²) >= 11 is 0. The van der Waals surface area contributed by atoms with Crippen molar-refractivity contribution in [3.05, 3.63) is 0 Å². The molecule has 0 aromatic rings. The first-order chi connectivity index (χ1) is 5.89. The molecule has 0 bridgehead atoms. The van der Waals surface area contributed by atoms with E-state index in [2.05, 4.69) is 6.92 Å². The summed E-state index contributed by atoms with van der Waals surface area (Å²) in [5, 5.41) is 0. The number of ether oxygens (including phenoxy) is 2. The molecule has 0 saturated carbocycles. The van der Waals surface area contributed by atoms with E-state index in [1.165, 1.54) is 32.1 Å². The van der Waals surface area contributed by atoms with Gasteiger partial charge in [0.2, 0.25) is 0 Å². The van der Waals surface area contributed by atoms with Gasteiger partial charge in [0.05, 0.1) is 19.3 Å². The fourth-order valence-electron chi connectivity index (χ4n) is 1.48. The topological polar surface area (TPSA) is 18.5 Å². The lowest BCUT2D eigenvalue weighted by molar-refractivity contribution is 0.0108. The Morgan fingerprint density at radius 1 is 0.917 bits per heavy atom. The second-order valence-electron chi connectivity index (χ2n) is 3.50. The van der Waals surface area contributed by atoms with Crippen LogP contribution in [0.3, 0.4) is 0 Å². The molecule has 0 radical (unpaired) electrons. The van der Waals surface area contributed by atoms with Gasteiger partial charge in [-0.1, -0.05) is 19.3 Å². The predicted molar refractivity (Wildman–Crippen MR) is 49.3 cm³/mol. The van der Waals surface area contributed by atoms with E-state index in [4.69, 9.17) is 9.47 Å². The maximum atomic E-state index is 5.55. The molecule has 0 amide bonds. The van der Waals surface area contributed by atoms with Gasteiger partial charge in [-0.05, 0) is 19.8 Å². The highest BCUT2D eigenvalue weighted by Gasteiger charge is 2.03. The van der Waals surface area contributed by atoms with Gasteiger partial charge < -0.3 is 9.47 Å². The van der Waals surface area contributed by atoms with Crippen LogP contribution in [-0.2, 0) is 9.47 Å². The maximum Gasteiger partial charge on any atom is 0.0704 e. The van der Waals surface area contributed by atoms with E-state index in [1.807, 2.05) is 0 Å². The standard InChI is InChI=1S/C10H20O2/c1-10-6-4-2-3-5-7-11-8-9-12-10/h10H,2-9H2,1H3. The van der Waals surface area contributed by atoms with Gasteiger partial charge in [0.1, 0.15) is 0 Å². The highest BCUT2D eigenvalue weighted by atomic mass is 16.5. The summed E-state index contributed by atoms with van der Waals surface area (Å²) in [6.45, 7) is 4.60. The van der Waals surface area contributed by atoms with Crippen LogP contribution < -0.4 is 0 Å². The molecule has 0 aromatic heterocycles. The minimum atomic E-state index is 0.423.